The largest absolute Gasteiger partial charge is 0.411 e. The van der Waals surface area contributed by atoms with E-state index < -0.39 is 40.3 Å². The Morgan fingerprint density at radius 1 is 0.778 bits per heavy atom. The van der Waals surface area contributed by atoms with E-state index in [1.165, 1.54) is 0 Å². The molecular formula is C11H34OS5Si. The van der Waals surface area contributed by atoms with E-state index in [4.69, 9.17) is 16.1 Å². The summed E-state index contributed by atoms with van der Waals surface area (Å²) in [5.41, 5.74) is 0. The summed E-state index contributed by atoms with van der Waals surface area (Å²) < 4.78 is 5.99. The first kappa shape index (κ1) is 19.9. The maximum absolute atomic E-state index is 5.99. The minimum Gasteiger partial charge on any atom is -0.411 e. The first-order valence-electron chi connectivity index (χ1n) is 5.77. The Morgan fingerprint density at radius 3 is 1.33 bits per heavy atom. The maximum atomic E-state index is 5.99. The first-order chi connectivity index (χ1) is 7.56. The van der Waals surface area contributed by atoms with Crippen LogP contribution >= 0.6 is 44.4 Å². The fourth-order valence-corrected chi connectivity index (χ4v) is 60.4. The van der Waals surface area contributed by atoms with E-state index in [1.807, 2.05) is 7.11 Å². The number of thiol groups is 1. The van der Waals surface area contributed by atoms with Gasteiger partial charge in [-0.2, -0.15) is 32.8 Å². The molecule has 0 spiro atoms. The van der Waals surface area contributed by atoms with Gasteiger partial charge in [0.1, 0.15) is 0 Å². The molecule has 7 heteroatoms. The molecule has 0 aliphatic carbocycles. The van der Waals surface area contributed by atoms with Crippen LogP contribution < -0.4 is 0 Å². The van der Waals surface area contributed by atoms with Crippen molar-refractivity contribution in [3.05, 3.63) is 0 Å². The molecule has 0 saturated heterocycles. The van der Waals surface area contributed by atoms with Crippen molar-refractivity contribution in [3.8, 4) is 0 Å². The van der Waals surface area contributed by atoms with Crippen LogP contribution in [0.15, 0.2) is 0 Å². The van der Waals surface area contributed by atoms with Crippen LogP contribution in [0.2, 0.25) is 13.1 Å². The Labute approximate surface area is 126 Å². The zero-order valence-corrected chi connectivity index (χ0v) is 19.1. The van der Waals surface area contributed by atoms with E-state index in [-0.39, 0.29) is 0 Å². The highest BCUT2D eigenvalue weighted by molar-refractivity contribution is 9.63. The zero-order chi connectivity index (χ0) is 15.2. The van der Waals surface area contributed by atoms with Gasteiger partial charge in [0.05, 0.1) is 0 Å². The van der Waals surface area contributed by atoms with Gasteiger partial charge in [0.25, 0.3) is 0 Å². The lowest BCUT2D eigenvalue weighted by molar-refractivity contribution is 0.423. The summed E-state index contributed by atoms with van der Waals surface area (Å²) >= 11 is 5.01. The number of hydrogen-bond donors (Lipinski definition) is 1. The average Bonchev–Trinajstić information content (AvgIpc) is 2.15. The van der Waals surface area contributed by atoms with Crippen LogP contribution in [-0.4, -0.2) is 64.6 Å². The van der Waals surface area contributed by atoms with Crippen molar-refractivity contribution < 1.29 is 4.43 Å². The second kappa shape index (κ2) is 5.61. The van der Waals surface area contributed by atoms with Gasteiger partial charge < -0.3 is 4.43 Å². The van der Waals surface area contributed by atoms with E-state index in [2.05, 4.69) is 63.1 Å². The van der Waals surface area contributed by atoms with Crippen molar-refractivity contribution in [3.63, 3.8) is 0 Å². The van der Waals surface area contributed by atoms with Crippen LogP contribution in [0.3, 0.4) is 0 Å². The molecule has 0 aromatic carbocycles. The zero-order valence-electron chi connectivity index (χ0n) is 14.0. The quantitative estimate of drug-likeness (QED) is 0.398. The molecule has 0 aliphatic rings. The highest BCUT2D eigenvalue weighted by Gasteiger charge is 2.51. The van der Waals surface area contributed by atoms with Crippen molar-refractivity contribution in [1.82, 2.24) is 0 Å². The molecule has 0 aromatic rings. The van der Waals surface area contributed by atoms with Crippen LogP contribution in [0.4, 0.5) is 0 Å². The Morgan fingerprint density at radius 2 is 1.11 bits per heavy atom. The normalized spacial score (nSPS) is 19.6. The standard InChI is InChI=1S/C11H34OS5Si/c1-12-18(10,11)17(8,9)16(6,7)15(4,5)14(2,3)13/h13H,1-11H3. The third-order valence-corrected chi connectivity index (χ3v) is 64.9. The second-order valence-electron chi connectivity index (χ2n) is 6.30. The van der Waals surface area contributed by atoms with Gasteiger partial charge in [-0.1, -0.05) is 0 Å². The van der Waals surface area contributed by atoms with Crippen molar-refractivity contribution in [2.75, 3.05) is 57.2 Å². The van der Waals surface area contributed by atoms with E-state index in [9.17, 15) is 0 Å². The Kier molecular flexibility index (Phi) is 6.21. The Hall–Kier alpha value is 1.93. The molecule has 0 aromatic heterocycles. The van der Waals surface area contributed by atoms with Gasteiger partial charge in [-0.25, -0.2) is 0 Å². The van der Waals surface area contributed by atoms with Crippen molar-refractivity contribution >= 4 is 51.9 Å². The molecule has 0 atom stereocenters. The van der Waals surface area contributed by atoms with E-state index in [0.29, 0.717) is 0 Å². The molecule has 0 saturated carbocycles. The Balaban J connectivity index is 5.80. The molecule has 118 valence electrons. The molecule has 0 bridgehead atoms. The van der Waals surface area contributed by atoms with E-state index in [0.717, 1.165) is 0 Å². The first-order valence-corrected chi connectivity index (χ1v) is 21.8. The summed E-state index contributed by atoms with van der Waals surface area (Å²) in [5, 5.41) is 0. The smallest absolute Gasteiger partial charge is 0.239 e. The van der Waals surface area contributed by atoms with Crippen molar-refractivity contribution in [2.24, 2.45) is 0 Å². The summed E-state index contributed by atoms with van der Waals surface area (Å²) in [4.78, 5) is 0. The summed E-state index contributed by atoms with van der Waals surface area (Å²) in [6.07, 6.45) is 19.9. The monoisotopic (exact) mass is 370 g/mol. The third kappa shape index (κ3) is 3.07. The molecular weight excluding hydrogens is 337 g/mol. The lowest BCUT2D eigenvalue weighted by Crippen LogP contribution is -2.38. The summed E-state index contributed by atoms with van der Waals surface area (Å²) in [6, 6.07) is 0. The van der Waals surface area contributed by atoms with Crippen molar-refractivity contribution in [1.29, 1.82) is 0 Å². The highest BCUT2D eigenvalue weighted by atomic mass is 33.9. The fraction of sp³-hybridized carbons (Fsp3) is 1.00. The molecule has 0 radical (unpaired) electrons. The molecule has 0 N–H and O–H groups in total. The molecule has 0 amide bonds. The van der Waals surface area contributed by atoms with Crippen LogP contribution in [-0.2, 0) is 4.43 Å². The third-order valence-electron chi connectivity index (χ3n) is 4.63. The average molecular weight is 371 g/mol. The molecule has 0 aliphatic heterocycles. The molecule has 0 unspecified atom stereocenters. The summed E-state index contributed by atoms with van der Waals surface area (Å²) in [5.74, 6) is 0. The van der Waals surface area contributed by atoms with Crippen LogP contribution in [0.1, 0.15) is 0 Å². The van der Waals surface area contributed by atoms with E-state index in [1.54, 1.807) is 0 Å². The summed E-state index contributed by atoms with van der Waals surface area (Å²) in [7, 11) is -2.63. The van der Waals surface area contributed by atoms with Gasteiger partial charge in [0.2, 0.25) is 7.47 Å². The van der Waals surface area contributed by atoms with Gasteiger partial charge in [-0.15, -0.1) is 11.7 Å². The molecule has 18 heavy (non-hydrogen) atoms. The fourth-order valence-electron chi connectivity index (χ4n) is 1.49. The molecule has 0 rings (SSSR count). The van der Waals surface area contributed by atoms with Gasteiger partial charge in [-0.3, -0.25) is 0 Å². The van der Waals surface area contributed by atoms with Crippen LogP contribution in [0, 0.1) is 0 Å². The maximum Gasteiger partial charge on any atom is 0.239 e. The van der Waals surface area contributed by atoms with Gasteiger partial charge in [0, 0.05) is 7.11 Å². The molecule has 0 heterocycles. The number of hydrogen-bond acceptors (Lipinski definition) is 2. The second-order valence-corrected chi connectivity index (χ2v) is 45.6. The predicted octanol–water partition coefficient (Wildman–Crippen LogP) is 5.18. The van der Waals surface area contributed by atoms with Crippen molar-refractivity contribution in [2.45, 2.75) is 13.1 Å². The predicted molar refractivity (Wildman–Crippen MR) is 111 cm³/mol. The topological polar surface area (TPSA) is 9.23 Å². The lowest BCUT2D eigenvalue weighted by Gasteiger charge is -2.70. The van der Waals surface area contributed by atoms with Gasteiger partial charge >= 0.3 is 0 Å². The number of rotatable bonds is 5. The van der Waals surface area contributed by atoms with Crippen LogP contribution in [0.5, 0.6) is 0 Å². The SMILES string of the molecule is CO[Si](C)(C)S(C)(C)S(C)(C)S(C)(C)S(C)(C)S. The molecule has 0 fully saturated rings. The Bertz CT molecular complexity index is 307. The highest BCUT2D eigenvalue weighted by Crippen LogP contribution is 3.03. The summed E-state index contributed by atoms with van der Waals surface area (Å²) in [6.45, 7) is 4.79. The minimum absolute atomic E-state index is 0.702. The van der Waals surface area contributed by atoms with E-state index >= 15 is 0 Å². The lowest BCUT2D eigenvalue weighted by atomic mass is 11.8. The van der Waals surface area contributed by atoms with Gasteiger partial charge in [-0.05, 0) is 63.1 Å². The minimum atomic E-state index is -1.61. The molecule has 1 nitrogen and oxygen atoms in total. The van der Waals surface area contributed by atoms with Gasteiger partial charge in [0.15, 0.2) is 0 Å². The van der Waals surface area contributed by atoms with Crippen LogP contribution in [0.25, 0.3) is 0 Å².